The summed E-state index contributed by atoms with van der Waals surface area (Å²) in [6, 6.07) is 9.52. The molecule has 1 heterocycles. The minimum atomic E-state index is -0.791. The molecule has 1 aromatic carbocycles. The highest BCUT2D eigenvalue weighted by molar-refractivity contribution is 5.85. The van der Waals surface area contributed by atoms with Crippen LogP contribution in [-0.2, 0) is 0 Å². The summed E-state index contributed by atoms with van der Waals surface area (Å²) in [6.07, 6.45) is -0.851. The lowest BCUT2D eigenvalue weighted by molar-refractivity contribution is 0.100. The van der Waals surface area contributed by atoms with Gasteiger partial charge in [-0.3, -0.25) is 4.98 Å². The Hall–Kier alpha value is -1.93. The molecular formula is C19H28Cl2N2O5. The van der Waals surface area contributed by atoms with Gasteiger partial charge in [0.15, 0.2) is 11.5 Å². The number of aromatic hydroxyl groups is 2. The maximum Gasteiger partial charge on any atom is 0.204 e. The maximum atomic E-state index is 10.0. The van der Waals surface area contributed by atoms with E-state index in [0.717, 1.165) is 5.75 Å². The van der Waals surface area contributed by atoms with Gasteiger partial charge in [-0.05, 0) is 32.9 Å². The molecule has 9 heteroatoms. The third kappa shape index (κ3) is 7.59. The normalized spacial score (nSPS) is 12.3. The molecule has 0 amide bonds. The second-order valence-electron chi connectivity index (χ2n) is 6.17. The van der Waals surface area contributed by atoms with E-state index < -0.39 is 6.10 Å². The fourth-order valence-electron chi connectivity index (χ4n) is 2.44. The van der Waals surface area contributed by atoms with Gasteiger partial charge in [0.1, 0.15) is 24.6 Å². The van der Waals surface area contributed by atoms with E-state index in [2.05, 4.69) is 10.3 Å². The molecule has 0 aliphatic heterocycles. The lowest BCUT2D eigenvalue weighted by Gasteiger charge is -2.18. The fraction of sp³-hybridized carbons (Fsp3) is 0.421. The van der Waals surface area contributed by atoms with Crippen molar-refractivity contribution in [3.8, 4) is 23.0 Å². The van der Waals surface area contributed by atoms with Crippen LogP contribution in [0.3, 0.4) is 0 Å². The van der Waals surface area contributed by atoms with Crippen molar-refractivity contribution in [3.05, 3.63) is 41.7 Å². The lowest BCUT2D eigenvalue weighted by atomic mass is 10.2. The summed E-state index contributed by atoms with van der Waals surface area (Å²) in [4.78, 5) is 4.09. The molecule has 0 aliphatic rings. The van der Waals surface area contributed by atoms with Crippen LogP contribution in [0.25, 0.3) is 0 Å². The van der Waals surface area contributed by atoms with Crippen LogP contribution in [-0.4, -0.2) is 52.2 Å². The van der Waals surface area contributed by atoms with Crippen LogP contribution >= 0.6 is 24.8 Å². The van der Waals surface area contributed by atoms with E-state index in [-0.39, 0.29) is 54.8 Å². The maximum absolute atomic E-state index is 10.0. The number of para-hydroxylation sites is 1. The van der Waals surface area contributed by atoms with E-state index >= 15 is 0 Å². The van der Waals surface area contributed by atoms with Crippen molar-refractivity contribution in [2.75, 3.05) is 19.7 Å². The Morgan fingerprint density at radius 1 is 1.00 bits per heavy atom. The third-order valence-corrected chi connectivity index (χ3v) is 3.76. The van der Waals surface area contributed by atoms with E-state index in [1.807, 2.05) is 37.3 Å². The number of aliphatic hydroxyl groups excluding tert-OH is 1. The average Bonchev–Trinajstić information content (AvgIpc) is 2.60. The van der Waals surface area contributed by atoms with Gasteiger partial charge in [0.25, 0.3) is 0 Å². The molecule has 0 aliphatic carbocycles. The summed E-state index contributed by atoms with van der Waals surface area (Å²) in [7, 11) is 0. The summed E-state index contributed by atoms with van der Waals surface area (Å²) >= 11 is 0. The minimum Gasteiger partial charge on any atom is -0.503 e. The van der Waals surface area contributed by atoms with Crippen LogP contribution in [0.1, 0.15) is 18.3 Å². The van der Waals surface area contributed by atoms with E-state index in [4.69, 9.17) is 9.47 Å². The Bertz CT molecular complexity index is 719. The molecule has 0 saturated carbocycles. The number of nitrogens with one attached hydrogen (secondary N) is 1. The predicted molar refractivity (Wildman–Crippen MR) is 112 cm³/mol. The van der Waals surface area contributed by atoms with Crippen LogP contribution < -0.4 is 14.8 Å². The Kier molecular flexibility index (Phi) is 11.7. The number of aliphatic hydroxyl groups is 1. The fourth-order valence-corrected chi connectivity index (χ4v) is 2.44. The van der Waals surface area contributed by atoms with Gasteiger partial charge in [-0.15, -0.1) is 24.8 Å². The van der Waals surface area contributed by atoms with Crippen LogP contribution in [0.2, 0.25) is 0 Å². The van der Waals surface area contributed by atoms with E-state index in [1.54, 1.807) is 13.8 Å². The van der Waals surface area contributed by atoms with Crippen molar-refractivity contribution in [1.29, 1.82) is 0 Å². The van der Waals surface area contributed by atoms with Gasteiger partial charge in [0.2, 0.25) is 5.75 Å². The van der Waals surface area contributed by atoms with Crippen LogP contribution in [0.5, 0.6) is 23.0 Å². The predicted octanol–water partition coefficient (Wildman–Crippen LogP) is 2.75. The molecular weight excluding hydrogens is 407 g/mol. The number of nitrogens with zero attached hydrogens (tertiary/aromatic N) is 1. The molecule has 0 spiro atoms. The molecule has 0 bridgehead atoms. The lowest BCUT2D eigenvalue weighted by Crippen LogP contribution is -2.36. The van der Waals surface area contributed by atoms with Crippen LogP contribution in [0.15, 0.2) is 30.3 Å². The average molecular weight is 435 g/mol. The van der Waals surface area contributed by atoms with Crippen molar-refractivity contribution in [3.63, 3.8) is 0 Å². The number of aryl methyl sites for hydroxylation is 2. The SMILES string of the molecule is Cc1nc(C)c(OCC(O)CNCC(C)Oc2ccccc2)c(O)c1O.Cl.Cl. The van der Waals surface area contributed by atoms with Crippen molar-refractivity contribution in [2.45, 2.75) is 33.0 Å². The van der Waals surface area contributed by atoms with Crippen molar-refractivity contribution in [1.82, 2.24) is 10.3 Å². The second kappa shape index (κ2) is 12.5. The zero-order chi connectivity index (χ0) is 19.1. The summed E-state index contributed by atoms with van der Waals surface area (Å²) in [6.45, 7) is 6.00. The van der Waals surface area contributed by atoms with Gasteiger partial charge in [-0.25, -0.2) is 0 Å². The summed E-state index contributed by atoms with van der Waals surface area (Å²) < 4.78 is 11.2. The van der Waals surface area contributed by atoms with Crippen LogP contribution in [0.4, 0.5) is 0 Å². The zero-order valence-corrected chi connectivity index (χ0v) is 17.7. The molecule has 158 valence electrons. The number of hydrogen-bond acceptors (Lipinski definition) is 7. The van der Waals surface area contributed by atoms with Gasteiger partial charge in [-0.1, -0.05) is 18.2 Å². The Morgan fingerprint density at radius 2 is 1.64 bits per heavy atom. The first kappa shape index (κ1) is 26.1. The third-order valence-electron chi connectivity index (χ3n) is 3.76. The summed E-state index contributed by atoms with van der Waals surface area (Å²) in [5.74, 6) is 0.196. The first-order chi connectivity index (χ1) is 12.4. The highest BCUT2D eigenvalue weighted by Gasteiger charge is 2.17. The topological polar surface area (TPSA) is 104 Å². The smallest absolute Gasteiger partial charge is 0.204 e. The van der Waals surface area contributed by atoms with Gasteiger partial charge >= 0.3 is 0 Å². The number of pyridine rings is 1. The van der Waals surface area contributed by atoms with Gasteiger partial charge in [0.05, 0.1) is 11.4 Å². The van der Waals surface area contributed by atoms with Crippen molar-refractivity contribution in [2.24, 2.45) is 0 Å². The van der Waals surface area contributed by atoms with Crippen molar-refractivity contribution < 1.29 is 24.8 Å². The molecule has 4 N–H and O–H groups in total. The zero-order valence-electron chi connectivity index (χ0n) is 16.1. The van der Waals surface area contributed by atoms with E-state index in [0.29, 0.717) is 24.5 Å². The Balaban J connectivity index is 0.00000364. The first-order valence-electron chi connectivity index (χ1n) is 8.51. The molecule has 2 aromatic rings. The summed E-state index contributed by atoms with van der Waals surface area (Å²) in [5.41, 5.74) is 0.768. The Morgan fingerprint density at radius 3 is 2.29 bits per heavy atom. The molecule has 28 heavy (non-hydrogen) atoms. The van der Waals surface area contributed by atoms with Crippen LogP contribution in [0, 0.1) is 13.8 Å². The number of rotatable bonds is 9. The van der Waals surface area contributed by atoms with Crippen molar-refractivity contribution >= 4 is 24.8 Å². The molecule has 7 nitrogen and oxygen atoms in total. The molecule has 2 rings (SSSR count). The second-order valence-corrected chi connectivity index (χ2v) is 6.17. The highest BCUT2D eigenvalue weighted by atomic mass is 35.5. The van der Waals surface area contributed by atoms with Gasteiger partial charge < -0.3 is 30.1 Å². The number of aromatic nitrogens is 1. The van der Waals surface area contributed by atoms with E-state index in [1.165, 1.54) is 0 Å². The number of hydrogen-bond donors (Lipinski definition) is 4. The molecule has 0 saturated heterocycles. The van der Waals surface area contributed by atoms with Gasteiger partial charge in [-0.2, -0.15) is 0 Å². The standard InChI is InChI=1S/C19H26N2O5.2ClH/c1-12(26-16-7-5-4-6-8-16)9-20-10-15(22)11-25-19-14(3)21-13(2)17(23)18(19)24;;/h4-8,12,15,20,22-23H,9-11H2,1-3H3,(H,21,24);2*1H. The van der Waals surface area contributed by atoms with Gasteiger partial charge in [0, 0.05) is 13.1 Å². The molecule has 2 unspecified atom stereocenters. The first-order valence-corrected chi connectivity index (χ1v) is 8.51. The molecule has 1 aromatic heterocycles. The highest BCUT2D eigenvalue weighted by Crippen LogP contribution is 2.38. The number of halogens is 2. The van der Waals surface area contributed by atoms with E-state index in [9.17, 15) is 15.3 Å². The minimum absolute atomic E-state index is 0. The quantitative estimate of drug-likeness (QED) is 0.480. The molecule has 0 radical (unpaired) electrons. The molecule has 0 fully saturated rings. The molecule has 2 atom stereocenters. The number of ether oxygens (including phenoxy) is 2. The summed E-state index contributed by atoms with van der Waals surface area (Å²) in [5, 5.41) is 32.8. The number of benzene rings is 1. The Labute approximate surface area is 177 Å². The largest absolute Gasteiger partial charge is 0.503 e. The monoisotopic (exact) mass is 434 g/mol.